The summed E-state index contributed by atoms with van der Waals surface area (Å²) < 4.78 is 5.88. The average Bonchev–Trinajstić information content (AvgIpc) is 3.38. The van der Waals surface area contributed by atoms with Crippen molar-refractivity contribution < 1.29 is 19.4 Å². The Morgan fingerprint density at radius 2 is 1.88 bits per heavy atom. The van der Waals surface area contributed by atoms with Gasteiger partial charge < -0.3 is 14.7 Å². The van der Waals surface area contributed by atoms with Gasteiger partial charge in [0.2, 0.25) is 5.91 Å². The van der Waals surface area contributed by atoms with Crippen LogP contribution in [-0.2, 0) is 20.9 Å². The number of carboxylic acid groups (broad SMARTS) is 1. The number of hydrogen-bond acceptors (Lipinski definition) is 3. The first kappa shape index (κ1) is 17.5. The van der Waals surface area contributed by atoms with Gasteiger partial charge >= 0.3 is 5.97 Å². The summed E-state index contributed by atoms with van der Waals surface area (Å²) in [5.74, 6) is -1.23. The molecule has 1 aliphatic carbocycles. The zero-order chi connectivity index (χ0) is 17.3. The number of likely N-dealkylation sites (tertiary alicyclic amines) is 1. The normalized spacial score (nSPS) is 20.0. The van der Waals surface area contributed by atoms with Gasteiger partial charge in [-0.05, 0) is 43.4 Å². The predicted octanol–water partition coefficient (Wildman–Crippen LogP) is 3.37. The Morgan fingerprint density at radius 1 is 1.21 bits per heavy atom. The van der Waals surface area contributed by atoms with Gasteiger partial charge in [-0.15, -0.1) is 0 Å². The molecule has 0 aromatic heterocycles. The molecule has 1 amide bonds. The zero-order valence-corrected chi connectivity index (χ0v) is 14.6. The predicted molar refractivity (Wildman–Crippen MR) is 90.2 cm³/mol. The van der Waals surface area contributed by atoms with E-state index in [2.05, 4.69) is 0 Å². The number of hydrogen-bond donors (Lipinski definition) is 1. The van der Waals surface area contributed by atoms with Gasteiger partial charge in [0.1, 0.15) is 5.41 Å². The van der Waals surface area contributed by atoms with Crippen LogP contribution in [0.1, 0.15) is 31.2 Å². The number of halogens is 2. The highest BCUT2D eigenvalue weighted by atomic mass is 35.5. The SMILES string of the molecule is O=C(O)C1(C(=O)N2CCC(OCc3ccc(Cl)c(Cl)c3)CC2)CC1. The van der Waals surface area contributed by atoms with Gasteiger partial charge in [0, 0.05) is 13.1 Å². The number of amides is 1. The number of carboxylic acids is 1. The average molecular weight is 372 g/mol. The summed E-state index contributed by atoms with van der Waals surface area (Å²) in [4.78, 5) is 25.3. The van der Waals surface area contributed by atoms with Gasteiger partial charge in [-0.2, -0.15) is 0 Å². The van der Waals surface area contributed by atoms with Crippen LogP contribution in [0.4, 0.5) is 0 Å². The number of carbonyl (C=O) groups is 2. The lowest BCUT2D eigenvalue weighted by Gasteiger charge is -2.33. The number of carbonyl (C=O) groups excluding carboxylic acids is 1. The quantitative estimate of drug-likeness (QED) is 0.805. The third kappa shape index (κ3) is 3.53. The van der Waals surface area contributed by atoms with Gasteiger partial charge in [-0.1, -0.05) is 29.3 Å². The van der Waals surface area contributed by atoms with E-state index in [1.165, 1.54) is 0 Å². The molecule has 1 saturated heterocycles. The zero-order valence-electron chi connectivity index (χ0n) is 13.1. The number of piperidine rings is 1. The van der Waals surface area contributed by atoms with Crippen molar-refractivity contribution in [1.29, 1.82) is 0 Å². The fourth-order valence-corrected chi connectivity index (χ4v) is 3.34. The molecule has 1 aromatic carbocycles. The van der Waals surface area contributed by atoms with Crippen molar-refractivity contribution in [3.8, 4) is 0 Å². The fraction of sp³-hybridized carbons (Fsp3) is 0.529. The molecule has 1 aromatic rings. The highest BCUT2D eigenvalue weighted by Crippen LogP contribution is 2.47. The third-order valence-electron chi connectivity index (χ3n) is 4.77. The van der Waals surface area contributed by atoms with Gasteiger partial charge in [0.15, 0.2) is 0 Å². The summed E-state index contributed by atoms with van der Waals surface area (Å²) >= 11 is 11.9. The molecule has 1 N–H and O–H groups in total. The monoisotopic (exact) mass is 371 g/mol. The van der Waals surface area contributed by atoms with Crippen LogP contribution in [-0.4, -0.2) is 41.1 Å². The summed E-state index contributed by atoms with van der Waals surface area (Å²) in [6.45, 7) is 1.52. The first-order valence-electron chi connectivity index (χ1n) is 8.01. The molecular formula is C17H19Cl2NO4. The molecule has 7 heteroatoms. The van der Waals surface area contributed by atoms with E-state index in [1.807, 2.05) is 6.07 Å². The first-order chi connectivity index (χ1) is 11.4. The summed E-state index contributed by atoms with van der Waals surface area (Å²) in [6, 6.07) is 5.40. The number of rotatable bonds is 5. The number of aliphatic carboxylic acids is 1. The van der Waals surface area contributed by atoms with Crippen molar-refractivity contribution in [3.05, 3.63) is 33.8 Å². The van der Waals surface area contributed by atoms with Crippen molar-refractivity contribution in [1.82, 2.24) is 4.90 Å². The molecule has 0 unspecified atom stereocenters. The minimum atomic E-state index is -1.15. The Labute approximate surface area is 150 Å². The lowest BCUT2D eigenvalue weighted by molar-refractivity contribution is -0.154. The molecule has 2 aliphatic rings. The van der Waals surface area contributed by atoms with Gasteiger partial charge in [-0.25, -0.2) is 0 Å². The molecule has 0 spiro atoms. The van der Waals surface area contributed by atoms with Crippen molar-refractivity contribution in [2.24, 2.45) is 5.41 Å². The maximum absolute atomic E-state index is 12.4. The molecule has 1 heterocycles. The Morgan fingerprint density at radius 3 is 2.42 bits per heavy atom. The lowest BCUT2D eigenvalue weighted by atomic mass is 10.0. The van der Waals surface area contributed by atoms with E-state index in [4.69, 9.17) is 27.9 Å². The summed E-state index contributed by atoms with van der Waals surface area (Å²) in [5.41, 5.74) is -0.195. The van der Waals surface area contributed by atoms with Crippen molar-refractivity contribution in [2.45, 2.75) is 38.4 Å². The summed E-state index contributed by atoms with van der Waals surface area (Å²) in [6.07, 6.45) is 2.39. The van der Waals surface area contributed by atoms with Gasteiger partial charge in [-0.3, -0.25) is 9.59 Å². The van der Waals surface area contributed by atoms with Gasteiger partial charge in [0.25, 0.3) is 0 Å². The number of ether oxygens (including phenoxy) is 1. The number of nitrogens with zero attached hydrogens (tertiary/aromatic N) is 1. The molecule has 5 nitrogen and oxygen atoms in total. The van der Waals surface area contributed by atoms with Crippen LogP contribution >= 0.6 is 23.2 Å². The molecule has 0 bridgehead atoms. The van der Waals surface area contributed by atoms with Crippen LogP contribution < -0.4 is 0 Å². The summed E-state index contributed by atoms with van der Waals surface area (Å²) in [5, 5.41) is 10.2. The molecule has 1 aliphatic heterocycles. The van der Waals surface area contributed by atoms with E-state index in [-0.39, 0.29) is 12.0 Å². The van der Waals surface area contributed by atoms with E-state index in [0.717, 1.165) is 5.56 Å². The van der Waals surface area contributed by atoms with Crippen LogP contribution in [0.5, 0.6) is 0 Å². The first-order valence-corrected chi connectivity index (χ1v) is 8.76. The topological polar surface area (TPSA) is 66.8 Å². The maximum atomic E-state index is 12.4. The molecule has 2 fully saturated rings. The third-order valence-corrected chi connectivity index (χ3v) is 5.51. The van der Waals surface area contributed by atoms with E-state index in [9.17, 15) is 14.7 Å². The molecule has 0 radical (unpaired) electrons. The summed E-state index contributed by atoms with van der Waals surface area (Å²) in [7, 11) is 0. The highest BCUT2D eigenvalue weighted by Gasteiger charge is 2.58. The Balaban J connectivity index is 1.48. The molecule has 1 saturated carbocycles. The second-order valence-electron chi connectivity index (χ2n) is 6.44. The van der Waals surface area contributed by atoms with E-state index < -0.39 is 11.4 Å². The largest absolute Gasteiger partial charge is 0.480 e. The second-order valence-corrected chi connectivity index (χ2v) is 7.25. The van der Waals surface area contributed by atoms with Crippen LogP contribution in [0, 0.1) is 5.41 Å². The van der Waals surface area contributed by atoms with Crippen molar-refractivity contribution in [3.63, 3.8) is 0 Å². The molecule has 24 heavy (non-hydrogen) atoms. The van der Waals surface area contributed by atoms with Crippen LogP contribution in [0.2, 0.25) is 10.0 Å². The van der Waals surface area contributed by atoms with Crippen LogP contribution in [0.15, 0.2) is 18.2 Å². The molecule has 3 rings (SSSR count). The minimum absolute atomic E-state index is 0.0588. The molecule has 0 atom stereocenters. The maximum Gasteiger partial charge on any atom is 0.319 e. The standard InChI is InChI=1S/C17H19Cl2NO4/c18-13-2-1-11(9-14(13)19)10-24-12-3-7-20(8-4-12)15(21)17(5-6-17)16(22)23/h1-2,9,12H,3-8,10H2,(H,22,23). The van der Waals surface area contributed by atoms with Crippen LogP contribution in [0.25, 0.3) is 0 Å². The Kier molecular flexibility index (Phi) is 5.04. The fourth-order valence-electron chi connectivity index (χ4n) is 3.02. The minimum Gasteiger partial charge on any atom is -0.480 e. The van der Waals surface area contributed by atoms with E-state index in [1.54, 1.807) is 17.0 Å². The second kappa shape index (κ2) is 6.90. The van der Waals surface area contributed by atoms with E-state index in [0.29, 0.717) is 55.4 Å². The van der Waals surface area contributed by atoms with Crippen molar-refractivity contribution >= 4 is 35.1 Å². The highest BCUT2D eigenvalue weighted by molar-refractivity contribution is 6.42. The lowest BCUT2D eigenvalue weighted by Crippen LogP contribution is -2.46. The molecular weight excluding hydrogens is 353 g/mol. The Hall–Kier alpha value is -1.30. The van der Waals surface area contributed by atoms with Crippen LogP contribution in [0.3, 0.4) is 0 Å². The van der Waals surface area contributed by atoms with Gasteiger partial charge in [0.05, 0.1) is 22.8 Å². The Bertz CT molecular complexity index is 652. The smallest absolute Gasteiger partial charge is 0.319 e. The number of benzene rings is 1. The molecule has 130 valence electrons. The van der Waals surface area contributed by atoms with E-state index >= 15 is 0 Å². The van der Waals surface area contributed by atoms with Crippen molar-refractivity contribution in [2.75, 3.05) is 13.1 Å².